The lowest BCUT2D eigenvalue weighted by molar-refractivity contribution is -0.113. The molecule has 0 saturated heterocycles. The van der Waals surface area contributed by atoms with Crippen molar-refractivity contribution >= 4 is 44.2 Å². The van der Waals surface area contributed by atoms with Gasteiger partial charge in [0, 0.05) is 5.69 Å². The number of benzene rings is 2. The molecule has 130 valence electrons. The van der Waals surface area contributed by atoms with E-state index >= 15 is 0 Å². The average molecular weight is 379 g/mol. The highest BCUT2D eigenvalue weighted by Gasteiger charge is 2.26. The second-order valence-electron chi connectivity index (χ2n) is 5.34. The summed E-state index contributed by atoms with van der Waals surface area (Å²) in [5, 5.41) is 5.59. The van der Waals surface area contributed by atoms with Gasteiger partial charge in [-0.05, 0) is 42.8 Å². The zero-order chi connectivity index (χ0) is 18.0. The molecule has 2 aromatic rings. The van der Waals surface area contributed by atoms with E-state index in [4.69, 9.17) is 0 Å². The number of anilines is 2. The van der Waals surface area contributed by atoms with Crippen molar-refractivity contribution in [2.45, 2.75) is 11.8 Å². The molecule has 0 aromatic heterocycles. The molecule has 0 fully saturated rings. The SMILES string of the molecule is Cc1cccc(NC(=O)CSC2=NS(=O)(=O)c3cc(F)ccc3N2)c1. The highest BCUT2D eigenvalue weighted by Crippen LogP contribution is 2.30. The van der Waals surface area contributed by atoms with Crippen LogP contribution in [0, 0.1) is 12.7 Å². The van der Waals surface area contributed by atoms with Crippen LogP contribution in [0.2, 0.25) is 0 Å². The molecule has 9 heteroatoms. The van der Waals surface area contributed by atoms with E-state index in [1.165, 1.54) is 6.07 Å². The number of carbonyl (C=O) groups is 1. The Morgan fingerprint density at radius 1 is 1.28 bits per heavy atom. The van der Waals surface area contributed by atoms with E-state index in [0.29, 0.717) is 5.69 Å². The van der Waals surface area contributed by atoms with Gasteiger partial charge >= 0.3 is 0 Å². The van der Waals surface area contributed by atoms with E-state index in [0.717, 1.165) is 29.5 Å². The van der Waals surface area contributed by atoms with Crippen LogP contribution >= 0.6 is 11.8 Å². The van der Waals surface area contributed by atoms with Crippen molar-refractivity contribution in [2.24, 2.45) is 4.40 Å². The Morgan fingerprint density at radius 3 is 2.84 bits per heavy atom. The molecule has 1 aliphatic heterocycles. The molecule has 0 atom stereocenters. The Morgan fingerprint density at radius 2 is 2.08 bits per heavy atom. The van der Waals surface area contributed by atoms with Gasteiger partial charge in [-0.1, -0.05) is 23.9 Å². The number of carbonyl (C=O) groups excluding carboxylic acids is 1. The van der Waals surface area contributed by atoms with Crippen LogP contribution in [0.3, 0.4) is 0 Å². The van der Waals surface area contributed by atoms with Gasteiger partial charge in [0.15, 0.2) is 5.17 Å². The van der Waals surface area contributed by atoms with Crippen molar-refractivity contribution in [3.63, 3.8) is 0 Å². The number of aryl methyl sites for hydroxylation is 1. The maximum absolute atomic E-state index is 13.2. The van der Waals surface area contributed by atoms with Crippen LogP contribution < -0.4 is 10.6 Å². The predicted octanol–water partition coefficient (Wildman–Crippen LogP) is 2.98. The summed E-state index contributed by atoms with van der Waals surface area (Å²) in [6, 6.07) is 10.7. The minimum absolute atomic E-state index is 0.0220. The van der Waals surface area contributed by atoms with E-state index in [-0.39, 0.29) is 27.4 Å². The van der Waals surface area contributed by atoms with E-state index in [1.807, 2.05) is 25.1 Å². The molecule has 0 unspecified atom stereocenters. The highest BCUT2D eigenvalue weighted by atomic mass is 32.2. The summed E-state index contributed by atoms with van der Waals surface area (Å²) >= 11 is 0.953. The zero-order valence-electron chi connectivity index (χ0n) is 13.1. The van der Waals surface area contributed by atoms with Crippen LogP contribution in [0.25, 0.3) is 0 Å². The van der Waals surface area contributed by atoms with Crippen molar-refractivity contribution < 1.29 is 17.6 Å². The molecule has 0 aliphatic carbocycles. The zero-order valence-corrected chi connectivity index (χ0v) is 14.7. The van der Waals surface area contributed by atoms with Crippen molar-refractivity contribution in [3.8, 4) is 0 Å². The van der Waals surface area contributed by atoms with Gasteiger partial charge in [0.25, 0.3) is 10.0 Å². The third kappa shape index (κ3) is 4.18. The first-order chi connectivity index (χ1) is 11.8. The number of thioether (sulfide) groups is 1. The number of rotatable bonds is 3. The summed E-state index contributed by atoms with van der Waals surface area (Å²) in [6.45, 7) is 1.91. The summed E-state index contributed by atoms with van der Waals surface area (Å²) < 4.78 is 41.0. The number of sulfonamides is 1. The quantitative estimate of drug-likeness (QED) is 0.856. The third-order valence-corrected chi connectivity index (χ3v) is 5.61. The van der Waals surface area contributed by atoms with Crippen molar-refractivity contribution in [3.05, 3.63) is 53.8 Å². The molecule has 0 spiro atoms. The van der Waals surface area contributed by atoms with Crippen LogP contribution in [0.1, 0.15) is 5.56 Å². The van der Waals surface area contributed by atoms with Crippen LogP contribution in [0.4, 0.5) is 15.8 Å². The number of amidine groups is 1. The second-order valence-corrected chi connectivity index (χ2v) is 7.88. The monoisotopic (exact) mass is 379 g/mol. The molecule has 25 heavy (non-hydrogen) atoms. The minimum Gasteiger partial charge on any atom is -0.333 e. The molecule has 6 nitrogen and oxygen atoms in total. The van der Waals surface area contributed by atoms with Crippen molar-refractivity contribution in [1.29, 1.82) is 0 Å². The van der Waals surface area contributed by atoms with E-state index in [2.05, 4.69) is 15.0 Å². The molecule has 2 aromatic carbocycles. The molecule has 1 amide bonds. The number of hydrogen-bond acceptors (Lipinski definition) is 5. The smallest absolute Gasteiger partial charge is 0.286 e. The summed E-state index contributed by atoms with van der Waals surface area (Å²) in [7, 11) is -3.99. The van der Waals surface area contributed by atoms with Crippen LogP contribution in [-0.4, -0.2) is 25.2 Å². The fourth-order valence-electron chi connectivity index (χ4n) is 2.23. The van der Waals surface area contributed by atoms with Crippen LogP contribution in [0.5, 0.6) is 0 Å². The number of amides is 1. The normalized spacial score (nSPS) is 14.9. The highest BCUT2D eigenvalue weighted by molar-refractivity contribution is 8.15. The molecule has 0 saturated carbocycles. The Hall–Kier alpha value is -2.39. The van der Waals surface area contributed by atoms with Crippen LogP contribution in [-0.2, 0) is 14.8 Å². The van der Waals surface area contributed by atoms with Crippen LogP contribution in [0.15, 0.2) is 51.8 Å². The summed E-state index contributed by atoms with van der Waals surface area (Å²) in [4.78, 5) is 11.8. The lowest BCUT2D eigenvalue weighted by Gasteiger charge is -2.17. The third-order valence-electron chi connectivity index (χ3n) is 3.31. The Balaban J connectivity index is 1.67. The largest absolute Gasteiger partial charge is 0.333 e. The molecular formula is C16H14FN3O3S2. The lowest BCUT2D eigenvalue weighted by Crippen LogP contribution is -2.22. The molecule has 0 bridgehead atoms. The standard InChI is InChI=1S/C16H14FN3O3S2/c1-10-3-2-4-12(7-10)18-15(21)9-24-16-19-13-6-5-11(17)8-14(13)25(22,23)20-16/h2-8H,9H2,1H3,(H,18,21)(H,19,20). The molecule has 2 N–H and O–H groups in total. The Bertz CT molecular complexity index is 974. The molecular weight excluding hydrogens is 365 g/mol. The van der Waals surface area contributed by atoms with Gasteiger partial charge in [0.2, 0.25) is 5.91 Å². The number of fused-ring (bicyclic) bond motifs is 1. The van der Waals surface area contributed by atoms with Gasteiger partial charge in [0.1, 0.15) is 10.7 Å². The number of nitrogens with zero attached hydrogens (tertiary/aromatic N) is 1. The van der Waals surface area contributed by atoms with Gasteiger partial charge < -0.3 is 10.6 Å². The molecule has 1 aliphatic rings. The average Bonchev–Trinajstić information content (AvgIpc) is 2.53. The summed E-state index contributed by atoms with van der Waals surface area (Å²) in [6.07, 6.45) is 0. The van der Waals surface area contributed by atoms with Gasteiger partial charge in [-0.25, -0.2) is 4.39 Å². The molecule has 0 radical (unpaired) electrons. The van der Waals surface area contributed by atoms with E-state index in [1.54, 1.807) is 6.07 Å². The maximum Gasteiger partial charge on any atom is 0.286 e. The number of hydrogen-bond donors (Lipinski definition) is 2. The van der Waals surface area contributed by atoms with Gasteiger partial charge in [0.05, 0.1) is 11.4 Å². The van der Waals surface area contributed by atoms with Crippen molar-refractivity contribution in [1.82, 2.24) is 0 Å². The van der Waals surface area contributed by atoms with E-state index < -0.39 is 15.8 Å². The second kappa shape index (κ2) is 6.85. The van der Waals surface area contributed by atoms with Crippen molar-refractivity contribution in [2.75, 3.05) is 16.4 Å². The fourth-order valence-corrected chi connectivity index (χ4v) is 4.27. The van der Waals surface area contributed by atoms with Gasteiger partial charge in [-0.15, -0.1) is 4.40 Å². The summed E-state index contributed by atoms with van der Waals surface area (Å²) in [5.41, 5.74) is 1.91. The summed E-state index contributed by atoms with van der Waals surface area (Å²) in [5.74, 6) is -0.971. The minimum atomic E-state index is -3.99. The first-order valence-electron chi connectivity index (χ1n) is 7.24. The Kier molecular flexibility index (Phi) is 4.78. The number of nitrogens with one attached hydrogen (secondary N) is 2. The number of halogens is 1. The first kappa shape index (κ1) is 17.4. The first-order valence-corrected chi connectivity index (χ1v) is 9.67. The van der Waals surface area contributed by atoms with Gasteiger partial charge in [-0.2, -0.15) is 8.42 Å². The van der Waals surface area contributed by atoms with Gasteiger partial charge in [-0.3, -0.25) is 4.79 Å². The maximum atomic E-state index is 13.2. The topological polar surface area (TPSA) is 87.6 Å². The molecule has 3 rings (SSSR count). The molecule has 1 heterocycles. The predicted molar refractivity (Wildman–Crippen MR) is 96.9 cm³/mol. The fraction of sp³-hybridized carbons (Fsp3) is 0.125. The Labute approximate surface area is 148 Å². The lowest BCUT2D eigenvalue weighted by atomic mass is 10.2. The van der Waals surface area contributed by atoms with E-state index in [9.17, 15) is 17.6 Å².